The molecule has 1 saturated carbocycles. The van der Waals surface area contributed by atoms with Crippen molar-refractivity contribution in [1.29, 1.82) is 5.26 Å². The number of hydrogen-bond acceptors (Lipinski definition) is 7. The van der Waals surface area contributed by atoms with Crippen LogP contribution in [0.5, 0.6) is 17.2 Å². The number of nitrogens with one attached hydrogen (secondary N) is 1. The van der Waals surface area contributed by atoms with Gasteiger partial charge in [0.05, 0.1) is 33.9 Å². The molecule has 30 heavy (non-hydrogen) atoms. The second-order valence-corrected chi connectivity index (χ2v) is 7.99. The molecule has 3 rings (SSSR count). The average Bonchev–Trinajstić information content (AvgIpc) is 3.23. The van der Waals surface area contributed by atoms with Gasteiger partial charge in [0, 0.05) is 38.3 Å². The maximum absolute atomic E-state index is 12.5. The molecule has 0 aromatic heterocycles. The molecule has 0 unspecified atom stereocenters. The van der Waals surface area contributed by atoms with Crippen molar-refractivity contribution >= 4 is 5.91 Å². The summed E-state index contributed by atoms with van der Waals surface area (Å²) in [6.07, 6.45) is 3.53. The fourth-order valence-electron chi connectivity index (χ4n) is 4.39. The number of nitriles is 1. The van der Waals surface area contributed by atoms with Gasteiger partial charge in [-0.3, -0.25) is 14.6 Å². The Morgan fingerprint density at radius 1 is 1.03 bits per heavy atom. The van der Waals surface area contributed by atoms with Crippen molar-refractivity contribution in [3.05, 3.63) is 17.7 Å². The van der Waals surface area contributed by atoms with Crippen LogP contribution in [0.4, 0.5) is 0 Å². The number of amides is 1. The Hall–Kier alpha value is -2.50. The third-order valence-electron chi connectivity index (χ3n) is 6.06. The zero-order valence-corrected chi connectivity index (χ0v) is 18.2. The molecular formula is C22H32N4O4. The van der Waals surface area contributed by atoms with Gasteiger partial charge in [-0.25, -0.2) is 0 Å². The van der Waals surface area contributed by atoms with E-state index < -0.39 is 5.54 Å². The Morgan fingerprint density at radius 2 is 1.67 bits per heavy atom. The predicted octanol–water partition coefficient (Wildman–Crippen LogP) is 1.78. The number of rotatable bonds is 8. The number of methoxy groups -OCH3 is 3. The van der Waals surface area contributed by atoms with Crippen LogP contribution in [-0.4, -0.2) is 75.3 Å². The van der Waals surface area contributed by atoms with E-state index in [9.17, 15) is 10.1 Å². The van der Waals surface area contributed by atoms with Crippen molar-refractivity contribution in [2.75, 3.05) is 54.1 Å². The molecule has 1 heterocycles. The molecule has 1 aliphatic heterocycles. The molecule has 2 aliphatic rings. The fourth-order valence-corrected chi connectivity index (χ4v) is 4.39. The van der Waals surface area contributed by atoms with E-state index in [0.29, 0.717) is 23.8 Å². The predicted molar refractivity (Wildman–Crippen MR) is 113 cm³/mol. The molecule has 2 fully saturated rings. The first kappa shape index (κ1) is 22.2. The molecule has 1 aromatic rings. The first-order chi connectivity index (χ1) is 14.5. The van der Waals surface area contributed by atoms with Crippen molar-refractivity contribution in [2.24, 2.45) is 0 Å². The Labute approximate surface area is 178 Å². The van der Waals surface area contributed by atoms with E-state index in [1.165, 1.54) is 0 Å². The second-order valence-electron chi connectivity index (χ2n) is 7.99. The van der Waals surface area contributed by atoms with E-state index in [4.69, 9.17) is 14.2 Å². The fraction of sp³-hybridized carbons (Fsp3) is 0.636. The van der Waals surface area contributed by atoms with Gasteiger partial charge in [0.1, 0.15) is 5.54 Å². The summed E-state index contributed by atoms with van der Waals surface area (Å²) < 4.78 is 16.4. The molecular weight excluding hydrogens is 384 g/mol. The minimum atomic E-state index is -0.650. The van der Waals surface area contributed by atoms with Gasteiger partial charge in [0.2, 0.25) is 11.7 Å². The highest BCUT2D eigenvalue weighted by Crippen LogP contribution is 2.40. The summed E-state index contributed by atoms with van der Waals surface area (Å²) in [6.45, 7) is 4.41. The first-order valence-electron chi connectivity index (χ1n) is 10.5. The number of benzene rings is 1. The zero-order valence-electron chi connectivity index (χ0n) is 18.2. The summed E-state index contributed by atoms with van der Waals surface area (Å²) in [5.41, 5.74) is 0.390. The van der Waals surface area contributed by atoms with Crippen LogP contribution in [0, 0.1) is 11.3 Å². The molecule has 1 amide bonds. The van der Waals surface area contributed by atoms with Crippen molar-refractivity contribution in [1.82, 2.24) is 15.1 Å². The minimum absolute atomic E-state index is 0.0477. The topological polar surface area (TPSA) is 87.1 Å². The average molecular weight is 417 g/mol. The number of ether oxygens (including phenoxy) is 3. The van der Waals surface area contributed by atoms with Crippen LogP contribution < -0.4 is 19.5 Å². The van der Waals surface area contributed by atoms with Crippen LogP contribution in [0.1, 0.15) is 31.2 Å². The maximum atomic E-state index is 12.5. The van der Waals surface area contributed by atoms with Crippen LogP contribution in [0.2, 0.25) is 0 Å². The van der Waals surface area contributed by atoms with Gasteiger partial charge in [-0.15, -0.1) is 0 Å². The molecule has 1 N–H and O–H groups in total. The monoisotopic (exact) mass is 416 g/mol. The Balaban J connectivity index is 1.53. The third-order valence-corrected chi connectivity index (χ3v) is 6.06. The molecule has 0 radical (unpaired) electrons. The summed E-state index contributed by atoms with van der Waals surface area (Å²) in [6, 6.07) is 6.22. The number of nitrogens with zero attached hydrogens (tertiary/aromatic N) is 3. The maximum Gasteiger partial charge on any atom is 0.235 e. The Morgan fingerprint density at radius 3 is 2.23 bits per heavy atom. The lowest BCUT2D eigenvalue weighted by Crippen LogP contribution is -2.52. The number of carbonyl (C=O) groups is 1. The highest BCUT2D eigenvalue weighted by atomic mass is 16.5. The molecule has 0 spiro atoms. The highest BCUT2D eigenvalue weighted by Gasteiger charge is 2.35. The normalized spacial score (nSPS) is 19.1. The van der Waals surface area contributed by atoms with Crippen molar-refractivity contribution in [3.8, 4) is 23.3 Å². The Kier molecular flexibility index (Phi) is 7.40. The highest BCUT2D eigenvalue weighted by molar-refractivity contribution is 5.79. The lowest BCUT2D eigenvalue weighted by atomic mass is 10.00. The Bertz CT molecular complexity index is 778. The van der Waals surface area contributed by atoms with Crippen LogP contribution in [0.15, 0.2) is 12.1 Å². The van der Waals surface area contributed by atoms with E-state index in [1.807, 2.05) is 12.1 Å². The van der Waals surface area contributed by atoms with E-state index in [1.54, 1.807) is 21.3 Å². The molecule has 0 atom stereocenters. The van der Waals surface area contributed by atoms with Crippen molar-refractivity contribution in [2.45, 2.75) is 37.8 Å². The van der Waals surface area contributed by atoms with Crippen LogP contribution >= 0.6 is 0 Å². The lowest BCUT2D eigenvalue weighted by Gasteiger charge is -2.35. The second kappa shape index (κ2) is 10.0. The molecule has 1 aromatic carbocycles. The number of carbonyl (C=O) groups excluding carboxylic acids is 1. The van der Waals surface area contributed by atoms with Gasteiger partial charge in [-0.2, -0.15) is 5.26 Å². The van der Waals surface area contributed by atoms with Gasteiger partial charge >= 0.3 is 0 Å². The minimum Gasteiger partial charge on any atom is -0.493 e. The van der Waals surface area contributed by atoms with Crippen LogP contribution in [0.25, 0.3) is 0 Å². The lowest BCUT2D eigenvalue weighted by molar-refractivity contribution is -0.124. The van der Waals surface area contributed by atoms with Crippen molar-refractivity contribution in [3.63, 3.8) is 0 Å². The van der Waals surface area contributed by atoms with E-state index in [2.05, 4.69) is 21.2 Å². The van der Waals surface area contributed by atoms with Gasteiger partial charge in [-0.05, 0) is 31.7 Å². The van der Waals surface area contributed by atoms with Gasteiger partial charge in [0.15, 0.2) is 11.5 Å². The first-order valence-corrected chi connectivity index (χ1v) is 10.5. The van der Waals surface area contributed by atoms with Gasteiger partial charge in [-0.1, -0.05) is 6.07 Å². The standard InChI is InChI=1S/C22H32N4O4/c1-28-18-7-6-17(20(29-2)21(18)30-3)14-25-10-12-26(13-11-25)15-19(27)24-22(16-23)8-4-5-9-22/h6-7H,4-5,8-15H2,1-3H3,(H,24,27). The summed E-state index contributed by atoms with van der Waals surface area (Å²) in [4.78, 5) is 16.9. The molecule has 164 valence electrons. The van der Waals surface area contributed by atoms with Crippen molar-refractivity contribution < 1.29 is 19.0 Å². The molecule has 1 saturated heterocycles. The van der Waals surface area contributed by atoms with Gasteiger partial charge < -0.3 is 19.5 Å². The summed E-state index contributed by atoms with van der Waals surface area (Å²) >= 11 is 0. The van der Waals surface area contributed by atoms with Crippen LogP contribution in [-0.2, 0) is 11.3 Å². The quantitative estimate of drug-likeness (QED) is 0.691. The molecule has 0 bridgehead atoms. The summed E-state index contributed by atoms with van der Waals surface area (Å²) in [5.74, 6) is 1.89. The molecule has 8 nitrogen and oxygen atoms in total. The largest absolute Gasteiger partial charge is 0.493 e. The molecule has 1 aliphatic carbocycles. The van der Waals surface area contributed by atoms with E-state index >= 15 is 0 Å². The van der Waals surface area contributed by atoms with Gasteiger partial charge in [0.25, 0.3) is 0 Å². The summed E-state index contributed by atoms with van der Waals surface area (Å²) in [5, 5.41) is 12.4. The molecule has 8 heteroatoms. The smallest absolute Gasteiger partial charge is 0.235 e. The zero-order chi connectivity index (χ0) is 21.6. The van der Waals surface area contributed by atoms with Crippen LogP contribution in [0.3, 0.4) is 0 Å². The number of piperazine rings is 1. The van der Waals surface area contributed by atoms with E-state index in [-0.39, 0.29) is 5.91 Å². The summed E-state index contributed by atoms with van der Waals surface area (Å²) in [7, 11) is 4.85. The third kappa shape index (κ3) is 4.97. The van der Waals surface area contributed by atoms with E-state index in [0.717, 1.165) is 64.0 Å². The number of hydrogen-bond donors (Lipinski definition) is 1. The SMILES string of the molecule is COc1ccc(CN2CCN(CC(=O)NC3(C#N)CCCC3)CC2)c(OC)c1OC.